The van der Waals surface area contributed by atoms with E-state index in [1.807, 2.05) is 6.92 Å². The molecule has 0 atom stereocenters. The van der Waals surface area contributed by atoms with Gasteiger partial charge in [0.1, 0.15) is 6.54 Å². The summed E-state index contributed by atoms with van der Waals surface area (Å²) in [5.41, 5.74) is 1.34. The lowest BCUT2D eigenvalue weighted by Gasteiger charge is -2.11. The monoisotopic (exact) mass is 326 g/mol. The van der Waals surface area contributed by atoms with Gasteiger partial charge in [0.25, 0.3) is 5.91 Å². The van der Waals surface area contributed by atoms with E-state index in [2.05, 4.69) is 15.4 Å². The zero-order valence-corrected chi connectivity index (χ0v) is 12.6. The topological polar surface area (TPSA) is 59.8 Å². The van der Waals surface area contributed by atoms with Crippen molar-refractivity contribution in [1.29, 1.82) is 0 Å². The molecule has 1 amide bonds. The number of aromatic nitrogens is 3. The summed E-state index contributed by atoms with van der Waals surface area (Å²) in [7, 11) is 0. The minimum Gasteiger partial charge on any atom is -0.348 e. The van der Waals surface area contributed by atoms with Gasteiger partial charge in [-0.15, -0.1) is 0 Å². The van der Waals surface area contributed by atoms with Gasteiger partial charge in [0.2, 0.25) is 0 Å². The maximum absolute atomic E-state index is 12.6. The van der Waals surface area contributed by atoms with E-state index in [1.54, 1.807) is 24.5 Å². The molecule has 0 radical (unpaired) electrons. The second kappa shape index (κ2) is 7.26. The SMILES string of the molecule is CCCc1c(C(=O)NCc2ccncc2)cnn1CC(F)(F)F. The fourth-order valence-electron chi connectivity index (χ4n) is 2.19. The van der Waals surface area contributed by atoms with Gasteiger partial charge in [-0.25, -0.2) is 0 Å². The molecule has 2 aromatic rings. The van der Waals surface area contributed by atoms with Gasteiger partial charge < -0.3 is 5.32 Å². The molecule has 5 nitrogen and oxygen atoms in total. The van der Waals surface area contributed by atoms with E-state index in [0.29, 0.717) is 18.5 Å². The van der Waals surface area contributed by atoms with Crippen molar-refractivity contribution >= 4 is 5.91 Å². The van der Waals surface area contributed by atoms with Gasteiger partial charge in [-0.1, -0.05) is 13.3 Å². The average molecular weight is 326 g/mol. The molecule has 8 heteroatoms. The molecule has 0 bridgehead atoms. The van der Waals surface area contributed by atoms with Crippen LogP contribution in [0, 0.1) is 0 Å². The van der Waals surface area contributed by atoms with Crippen molar-refractivity contribution in [3.63, 3.8) is 0 Å². The lowest BCUT2D eigenvalue weighted by molar-refractivity contribution is -0.143. The highest BCUT2D eigenvalue weighted by Gasteiger charge is 2.30. The van der Waals surface area contributed by atoms with Crippen LogP contribution < -0.4 is 5.32 Å². The summed E-state index contributed by atoms with van der Waals surface area (Å²) in [4.78, 5) is 16.1. The molecule has 0 aliphatic carbocycles. The second-order valence-electron chi connectivity index (χ2n) is 5.07. The Morgan fingerprint density at radius 2 is 2.00 bits per heavy atom. The third-order valence-corrected chi connectivity index (χ3v) is 3.21. The van der Waals surface area contributed by atoms with Gasteiger partial charge in [-0.3, -0.25) is 14.5 Å². The summed E-state index contributed by atoms with van der Waals surface area (Å²) in [6, 6.07) is 3.50. The van der Waals surface area contributed by atoms with Crippen LogP contribution in [0.15, 0.2) is 30.7 Å². The van der Waals surface area contributed by atoms with Gasteiger partial charge in [0.15, 0.2) is 0 Å². The molecule has 0 unspecified atom stereocenters. The van der Waals surface area contributed by atoms with E-state index in [-0.39, 0.29) is 12.1 Å². The molecule has 0 aromatic carbocycles. The van der Waals surface area contributed by atoms with Crippen molar-refractivity contribution in [2.24, 2.45) is 0 Å². The van der Waals surface area contributed by atoms with Crippen LogP contribution in [0.25, 0.3) is 0 Å². The summed E-state index contributed by atoms with van der Waals surface area (Å²) < 4.78 is 38.6. The summed E-state index contributed by atoms with van der Waals surface area (Å²) in [6.45, 7) is 0.918. The Bertz CT molecular complexity index is 652. The van der Waals surface area contributed by atoms with Crippen LogP contribution in [0.3, 0.4) is 0 Å². The van der Waals surface area contributed by atoms with Crippen molar-refractivity contribution in [1.82, 2.24) is 20.1 Å². The van der Waals surface area contributed by atoms with E-state index in [1.165, 1.54) is 6.20 Å². The maximum atomic E-state index is 12.6. The first kappa shape index (κ1) is 17.0. The van der Waals surface area contributed by atoms with Crippen LogP contribution in [-0.4, -0.2) is 26.8 Å². The lowest BCUT2D eigenvalue weighted by atomic mass is 10.1. The van der Waals surface area contributed by atoms with Crippen molar-refractivity contribution < 1.29 is 18.0 Å². The first-order valence-electron chi connectivity index (χ1n) is 7.19. The molecular weight excluding hydrogens is 309 g/mol. The van der Waals surface area contributed by atoms with Crippen LogP contribution in [0.1, 0.15) is 35.0 Å². The number of nitrogens with zero attached hydrogens (tertiary/aromatic N) is 3. The molecule has 23 heavy (non-hydrogen) atoms. The molecule has 0 saturated heterocycles. The van der Waals surface area contributed by atoms with E-state index < -0.39 is 18.6 Å². The Morgan fingerprint density at radius 1 is 1.30 bits per heavy atom. The molecule has 0 fully saturated rings. The van der Waals surface area contributed by atoms with Crippen molar-refractivity contribution in [3.05, 3.63) is 47.5 Å². The fraction of sp³-hybridized carbons (Fsp3) is 0.400. The summed E-state index contributed by atoms with van der Waals surface area (Å²) in [5, 5.41) is 6.41. The molecule has 1 N–H and O–H groups in total. The number of pyridine rings is 1. The minimum atomic E-state index is -4.38. The van der Waals surface area contributed by atoms with Gasteiger partial charge in [0, 0.05) is 18.9 Å². The van der Waals surface area contributed by atoms with Crippen molar-refractivity contribution in [3.8, 4) is 0 Å². The Morgan fingerprint density at radius 3 is 2.61 bits per heavy atom. The lowest BCUT2D eigenvalue weighted by Crippen LogP contribution is -2.25. The van der Waals surface area contributed by atoms with E-state index in [9.17, 15) is 18.0 Å². The first-order chi connectivity index (χ1) is 10.9. The van der Waals surface area contributed by atoms with Crippen molar-refractivity contribution in [2.45, 2.75) is 39.0 Å². The first-order valence-corrected chi connectivity index (χ1v) is 7.19. The highest BCUT2D eigenvalue weighted by molar-refractivity contribution is 5.95. The molecule has 0 aliphatic rings. The van der Waals surface area contributed by atoms with Crippen molar-refractivity contribution in [2.75, 3.05) is 0 Å². The Balaban J connectivity index is 2.13. The van der Waals surface area contributed by atoms with E-state index >= 15 is 0 Å². The van der Waals surface area contributed by atoms with E-state index in [4.69, 9.17) is 0 Å². The summed E-state index contributed by atoms with van der Waals surface area (Å²) >= 11 is 0. The van der Waals surface area contributed by atoms with Crippen LogP contribution in [0.2, 0.25) is 0 Å². The molecular formula is C15H17F3N4O. The highest BCUT2D eigenvalue weighted by Crippen LogP contribution is 2.20. The molecule has 0 aliphatic heterocycles. The predicted molar refractivity (Wildman–Crippen MR) is 77.7 cm³/mol. The molecule has 124 valence electrons. The number of halogens is 3. The van der Waals surface area contributed by atoms with Gasteiger partial charge in [0.05, 0.1) is 17.5 Å². The summed E-state index contributed by atoms with van der Waals surface area (Å²) in [6.07, 6.45) is 0.997. The van der Waals surface area contributed by atoms with Crippen LogP contribution in [0.4, 0.5) is 13.2 Å². The highest BCUT2D eigenvalue weighted by atomic mass is 19.4. The molecule has 2 rings (SSSR count). The van der Waals surface area contributed by atoms with Crippen LogP contribution in [0.5, 0.6) is 0 Å². The molecule has 2 aromatic heterocycles. The Labute approximate surface area is 131 Å². The standard InChI is InChI=1S/C15H17F3N4O/c1-2-3-13-12(9-21-22(13)10-15(16,17)18)14(23)20-8-11-4-6-19-7-5-11/h4-7,9H,2-3,8,10H2,1H3,(H,20,23). The smallest absolute Gasteiger partial charge is 0.348 e. The zero-order chi connectivity index (χ0) is 16.9. The zero-order valence-electron chi connectivity index (χ0n) is 12.6. The molecule has 0 saturated carbocycles. The second-order valence-corrected chi connectivity index (χ2v) is 5.07. The Kier molecular flexibility index (Phi) is 5.36. The largest absolute Gasteiger partial charge is 0.408 e. The van der Waals surface area contributed by atoms with Gasteiger partial charge in [-0.2, -0.15) is 18.3 Å². The predicted octanol–water partition coefficient (Wildman–Crippen LogP) is 2.72. The number of alkyl halides is 3. The number of rotatable bonds is 6. The molecule has 0 spiro atoms. The number of carbonyl (C=O) groups is 1. The third-order valence-electron chi connectivity index (χ3n) is 3.21. The third kappa shape index (κ3) is 4.80. The maximum Gasteiger partial charge on any atom is 0.408 e. The number of nitrogens with one attached hydrogen (secondary N) is 1. The van der Waals surface area contributed by atoms with Gasteiger partial charge >= 0.3 is 6.18 Å². The molecule has 2 heterocycles. The van der Waals surface area contributed by atoms with Crippen LogP contribution in [-0.2, 0) is 19.5 Å². The number of hydrogen-bond acceptors (Lipinski definition) is 3. The average Bonchev–Trinajstić information content (AvgIpc) is 2.87. The minimum absolute atomic E-state index is 0.185. The Hall–Kier alpha value is -2.38. The number of carbonyl (C=O) groups excluding carboxylic acids is 1. The fourth-order valence-corrected chi connectivity index (χ4v) is 2.19. The number of hydrogen-bond donors (Lipinski definition) is 1. The van der Waals surface area contributed by atoms with E-state index in [0.717, 1.165) is 10.2 Å². The summed E-state index contributed by atoms with van der Waals surface area (Å²) in [5.74, 6) is -0.432. The van der Waals surface area contributed by atoms with Gasteiger partial charge in [-0.05, 0) is 24.1 Å². The van der Waals surface area contributed by atoms with Crippen LogP contribution >= 0.6 is 0 Å². The normalized spacial score (nSPS) is 11.5. The number of amides is 1. The quantitative estimate of drug-likeness (QED) is 0.888.